The van der Waals surface area contributed by atoms with Gasteiger partial charge < -0.3 is 16.0 Å². The Balaban J connectivity index is 1.80. The molecule has 1 aromatic heterocycles. The highest BCUT2D eigenvalue weighted by Gasteiger charge is 2.34. The molecule has 8 heteroatoms. The Morgan fingerprint density at radius 2 is 2.00 bits per heavy atom. The summed E-state index contributed by atoms with van der Waals surface area (Å²) in [4.78, 5) is 41.9. The number of aromatic nitrogens is 1. The number of rotatable bonds is 3. The number of primary amides is 1. The van der Waals surface area contributed by atoms with Gasteiger partial charge in [0.2, 0.25) is 5.91 Å². The van der Waals surface area contributed by atoms with Crippen LogP contribution in [0.15, 0.2) is 42.7 Å². The second-order valence-electron chi connectivity index (χ2n) is 6.99. The first kappa shape index (κ1) is 19.5. The van der Waals surface area contributed by atoms with E-state index in [0.29, 0.717) is 18.5 Å². The summed E-state index contributed by atoms with van der Waals surface area (Å²) in [7, 11) is 0. The molecule has 3 rings (SSSR count). The fourth-order valence-electron chi connectivity index (χ4n) is 3.40. The minimum absolute atomic E-state index is 0.120. The van der Waals surface area contributed by atoms with Crippen LogP contribution in [0.2, 0.25) is 0 Å². The summed E-state index contributed by atoms with van der Waals surface area (Å²) in [5, 5.41) is 2.46. The first-order valence-corrected chi connectivity index (χ1v) is 8.97. The van der Waals surface area contributed by atoms with Gasteiger partial charge in [-0.15, -0.1) is 0 Å². The zero-order valence-electron chi connectivity index (χ0n) is 15.4. The molecular weight excluding hydrogens is 363 g/mol. The van der Waals surface area contributed by atoms with Gasteiger partial charge in [0.25, 0.3) is 0 Å². The fourth-order valence-corrected chi connectivity index (χ4v) is 3.40. The van der Waals surface area contributed by atoms with Crippen molar-refractivity contribution < 1.29 is 18.8 Å². The van der Waals surface area contributed by atoms with E-state index in [1.165, 1.54) is 35.5 Å². The number of nitrogens with one attached hydrogen (secondary N) is 1. The standard InChI is InChI=1S/C20H21FN4O3/c1-12-5-6-17(13-3-2-4-15(21)7-13)25(11-12)20(28)19(27)24-16-8-14(18(22)26)9-23-10-16/h2-4,7-10,12,17H,5-6,11H2,1H3,(H2,22,26)(H,24,27)/t12-,17+/m1/s1. The fraction of sp³-hybridized carbons (Fsp3) is 0.300. The number of amides is 3. The van der Waals surface area contributed by atoms with Crippen molar-refractivity contribution in [1.29, 1.82) is 0 Å². The SMILES string of the molecule is C[C@@H]1CC[C@@H](c2cccc(F)c2)N(C(=O)C(=O)Nc2cncc(C(N)=O)c2)C1. The number of pyridine rings is 1. The van der Waals surface area contributed by atoms with Gasteiger partial charge in [-0.2, -0.15) is 0 Å². The first-order valence-electron chi connectivity index (χ1n) is 8.97. The Bertz CT molecular complexity index is 918. The molecule has 0 spiro atoms. The molecule has 1 aliphatic rings. The molecule has 2 aromatic rings. The molecule has 3 amide bonds. The molecule has 2 heterocycles. The molecule has 2 atom stereocenters. The van der Waals surface area contributed by atoms with Crippen LogP contribution >= 0.6 is 0 Å². The van der Waals surface area contributed by atoms with E-state index in [1.807, 2.05) is 6.92 Å². The van der Waals surface area contributed by atoms with Gasteiger partial charge in [-0.05, 0) is 42.5 Å². The number of nitrogens with two attached hydrogens (primary N) is 1. The summed E-state index contributed by atoms with van der Waals surface area (Å²) in [5.74, 6) is -2.42. The third-order valence-corrected chi connectivity index (χ3v) is 4.79. The molecule has 146 valence electrons. The molecule has 0 unspecified atom stereocenters. The maximum Gasteiger partial charge on any atom is 0.313 e. The second kappa shape index (κ2) is 8.16. The quantitative estimate of drug-likeness (QED) is 0.792. The monoisotopic (exact) mass is 384 g/mol. The zero-order valence-corrected chi connectivity index (χ0v) is 15.4. The smallest absolute Gasteiger partial charge is 0.313 e. The summed E-state index contributed by atoms with van der Waals surface area (Å²) in [5.41, 5.74) is 6.18. The van der Waals surface area contributed by atoms with Crippen molar-refractivity contribution in [3.63, 3.8) is 0 Å². The molecule has 1 aliphatic heterocycles. The normalized spacial score (nSPS) is 19.1. The predicted octanol–water partition coefficient (Wildman–Crippen LogP) is 2.26. The largest absolute Gasteiger partial charge is 0.366 e. The molecular formula is C20H21FN4O3. The molecule has 7 nitrogen and oxygen atoms in total. The van der Waals surface area contributed by atoms with Crippen molar-refractivity contribution in [2.75, 3.05) is 11.9 Å². The highest BCUT2D eigenvalue weighted by atomic mass is 19.1. The zero-order chi connectivity index (χ0) is 20.3. The summed E-state index contributed by atoms with van der Waals surface area (Å²) in [6.07, 6.45) is 4.10. The number of benzene rings is 1. The van der Waals surface area contributed by atoms with Crippen LogP contribution in [0.5, 0.6) is 0 Å². The molecule has 3 N–H and O–H groups in total. The lowest BCUT2D eigenvalue weighted by Gasteiger charge is -2.38. The number of hydrogen-bond donors (Lipinski definition) is 2. The lowest BCUT2D eigenvalue weighted by atomic mass is 9.89. The number of anilines is 1. The molecule has 0 aliphatic carbocycles. The van der Waals surface area contributed by atoms with E-state index in [1.54, 1.807) is 12.1 Å². The average molecular weight is 384 g/mol. The third kappa shape index (κ3) is 4.33. The van der Waals surface area contributed by atoms with E-state index < -0.39 is 17.7 Å². The van der Waals surface area contributed by atoms with Crippen LogP contribution < -0.4 is 11.1 Å². The molecule has 1 saturated heterocycles. The second-order valence-corrected chi connectivity index (χ2v) is 6.99. The number of carbonyl (C=O) groups is 3. The lowest BCUT2D eigenvalue weighted by Crippen LogP contribution is -2.46. The van der Waals surface area contributed by atoms with Crippen LogP contribution in [0.3, 0.4) is 0 Å². The van der Waals surface area contributed by atoms with Crippen molar-refractivity contribution in [2.24, 2.45) is 11.7 Å². The van der Waals surface area contributed by atoms with E-state index in [0.717, 1.165) is 6.42 Å². The van der Waals surface area contributed by atoms with Gasteiger partial charge in [0.15, 0.2) is 0 Å². The van der Waals surface area contributed by atoms with Gasteiger partial charge in [-0.3, -0.25) is 19.4 Å². The van der Waals surface area contributed by atoms with Crippen LogP contribution in [0.1, 0.15) is 41.7 Å². The number of halogens is 1. The summed E-state index contributed by atoms with van der Waals surface area (Å²) in [6.45, 7) is 2.40. The van der Waals surface area contributed by atoms with Crippen molar-refractivity contribution in [3.05, 3.63) is 59.7 Å². The van der Waals surface area contributed by atoms with Gasteiger partial charge in [-0.25, -0.2) is 4.39 Å². The minimum Gasteiger partial charge on any atom is -0.366 e. The summed E-state index contributed by atoms with van der Waals surface area (Å²) < 4.78 is 13.6. The Hall–Kier alpha value is -3.29. The number of likely N-dealkylation sites (tertiary alicyclic amines) is 1. The maximum absolute atomic E-state index is 13.6. The highest BCUT2D eigenvalue weighted by Crippen LogP contribution is 2.33. The topological polar surface area (TPSA) is 105 Å². The Labute approximate surface area is 161 Å². The van der Waals surface area contributed by atoms with Gasteiger partial charge in [0.05, 0.1) is 23.5 Å². The summed E-state index contributed by atoms with van der Waals surface area (Å²) in [6, 6.07) is 7.05. The minimum atomic E-state index is -0.848. The average Bonchev–Trinajstić information content (AvgIpc) is 2.67. The lowest BCUT2D eigenvalue weighted by molar-refractivity contribution is -0.146. The van der Waals surface area contributed by atoms with E-state index in [4.69, 9.17) is 5.73 Å². The maximum atomic E-state index is 13.6. The van der Waals surface area contributed by atoms with Crippen LogP contribution in [0.25, 0.3) is 0 Å². The Morgan fingerprint density at radius 3 is 2.71 bits per heavy atom. The molecule has 0 bridgehead atoms. The number of carbonyl (C=O) groups excluding carboxylic acids is 3. The third-order valence-electron chi connectivity index (χ3n) is 4.79. The van der Waals surface area contributed by atoms with Crippen LogP contribution in [-0.4, -0.2) is 34.2 Å². The highest BCUT2D eigenvalue weighted by molar-refractivity contribution is 6.39. The number of piperidine rings is 1. The van der Waals surface area contributed by atoms with Gasteiger partial charge in [-0.1, -0.05) is 19.1 Å². The van der Waals surface area contributed by atoms with Gasteiger partial charge in [0, 0.05) is 12.7 Å². The summed E-state index contributed by atoms with van der Waals surface area (Å²) >= 11 is 0. The van der Waals surface area contributed by atoms with Crippen molar-refractivity contribution in [1.82, 2.24) is 9.88 Å². The molecule has 0 saturated carbocycles. The van der Waals surface area contributed by atoms with Crippen LogP contribution in [0.4, 0.5) is 10.1 Å². The van der Waals surface area contributed by atoms with Crippen LogP contribution in [0, 0.1) is 11.7 Å². The van der Waals surface area contributed by atoms with E-state index in [-0.39, 0.29) is 29.0 Å². The molecule has 28 heavy (non-hydrogen) atoms. The predicted molar refractivity (Wildman–Crippen MR) is 101 cm³/mol. The number of nitrogens with zero attached hydrogens (tertiary/aromatic N) is 2. The Morgan fingerprint density at radius 1 is 1.21 bits per heavy atom. The first-order chi connectivity index (χ1) is 13.3. The molecule has 1 fully saturated rings. The molecule has 1 aromatic carbocycles. The Kier molecular flexibility index (Phi) is 5.67. The van der Waals surface area contributed by atoms with Gasteiger partial charge >= 0.3 is 11.8 Å². The van der Waals surface area contributed by atoms with Crippen molar-refractivity contribution >= 4 is 23.4 Å². The molecule has 0 radical (unpaired) electrons. The van der Waals surface area contributed by atoms with E-state index >= 15 is 0 Å². The number of hydrogen-bond acceptors (Lipinski definition) is 4. The van der Waals surface area contributed by atoms with Crippen LogP contribution in [-0.2, 0) is 9.59 Å². The van der Waals surface area contributed by atoms with Crippen molar-refractivity contribution in [3.8, 4) is 0 Å². The van der Waals surface area contributed by atoms with Crippen molar-refractivity contribution in [2.45, 2.75) is 25.8 Å². The van der Waals surface area contributed by atoms with E-state index in [9.17, 15) is 18.8 Å². The van der Waals surface area contributed by atoms with E-state index in [2.05, 4.69) is 10.3 Å². The van der Waals surface area contributed by atoms with Gasteiger partial charge in [0.1, 0.15) is 5.82 Å².